The maximum atomic E-state index is 9.47. The van der Waals surface area contributed by atoms with E-state index in [4.69, 9.17) is 5.73 Å². The lowest BCUT2D eigenvalue weighted by Crippen LogP contribution is -2.04. The quantitative estimate of drug-likeness (QED) is 0.689. The summed E-state index contributed by atoms with van der Waals surface area (Å²) in [4.78, 5) is 9.47. The molecule has 0 aliphatic heterocycles. The highest BCUT2D eigenvalue weighted by Gasteiger charge is 1.77. The van der Waals surface area contributed by atoms with Crippen molar-refractivity contribution < 1.29 is 4.79 Å². The SMILES string of the molecule is C=CC(N)=O.NC=Cc1ccccc1. The van der Waals surface area contributed by atoms with E-state index in [1.807, 2.05) is 36.4 Å². The molecule has 0 aromatic heterocycles. The minimum absolute atomic E-state index is 0.481. The number of hydrogen-bond donors (Lipinski definition) is 2. The molecule has 3 nitrogen and oxygen atoms in total. The number of nitrogens with two attached hydrogens (primary N) is 2. The van der Waals surface area contributed by atoms with Crippen molar-refractivity contribution >= 4 is 12.0 Å². The summed E-state index contributed by atoms with van der Waals surface area (Å²) in [6, 6.07) is 9.95. The molecule has 3 heteroatoms. The van der Waals surface area contributed by atoms with Crippen LogP contribution in [0.5, 0.6) is 0 Å². The van der Waals surface area contributed by atoms with Gasteiger partial charge in [0.15, 0.2) is 0 Å². The molecular weight excluding hydrogens is 176 g/mol. The predicted molar refractivity (Wildman–Crippen MR) is 59.1 cm³/mol. The monoisotopic (exact) mass is 190 g/mol. The van der Waals surface area contributed by atoms with Crippen molar-refractivity contribution in [2.24, 2.45) is 11.5 Å². The van der Waals surface area contributed by atoms with Crippen molar-refractivity contribution in [2.45, 2.75) is 0 Å². The first-order chi connectivity index (χ1) is 6.70. The van der Waals surface area contributed by atoms with Crippen molar-refractivity contribution in [2.75, 3.05) is 0 Å². The van der Waals surface area contributed by atoms with Crippen LogP contribution in [0.25, 0.3) is 6.08 Å². The maximum absolute atomic E-state index is 9.47. The lowest BCUT2D eigenvalue weighted by Gasteiger charge is -1.86. The highest BCUT2D eigenvalue weighted by Crippen LogP contribution is 1.98. The Morgan fingerprint density at radius 1 is 1.29 bits per heavy atom. The summed E-state index contributed by atoms with van der Waals surface area (Å²) in [5.41, 5.74) is 10.9. The Kier molecular flexibility index (Phi) is 6.51. The molecule has 0 bridgehead atoms. The van der Waals surface area contributed by atoms with Gasteiger partial charge in [-0.25, -0.2) is 0 Å². The van der Waals surface area contributed by atoms with E-state index in [1.165, 1.54) is 6.20 Å². The molecule has 0 saturated heterocycles. The van der Waals surface area contributed by atoms with Gasteiger partial charge in [0.25, 0.3) is 0 Å². The molecule has 0 spiro atoms. The number of carbonyl (C=O) groups excluding carboxylic acids is 1. The van der Waals surface area contributed by atoms with Gasteiger partial charge in [-0.1, -0.05) is 36.9 Å². The topological polar surface area (TPSA) is 69.1 Å². The molecule has 14 heavy (non-hydrogen) atoms. The van der Waals surface area contributed by atoms with Crippen molar-refractivity contribution in [3.63, 3.8) is 0 Å². The van der Waals surface area contributed by atoms with Crippen LogP contribution in [0, 0.1) is 0 Å². The van der Waals surface area contributed by atoms with Crippen molar-refractivity contribution in [1.29, 1.82) is 0 Å². The number of carbonyl (C=O) groups is 1. The van der Waals surface area contributed by atoms with Gasteiger partial charge in [-0.2, -0.15) is 0 Å². The fourth-order valence-corrected chi connectivity index (χ4v) is 0.675. The second-order valence-corrected chi connectivity index (χ2v) is 2.38. The molecule has 0 saturated carbocycles. The molecule has 1 aromatic carbocycles. The molecule has 0 aliphatic rings. The molecule has 4 N–H and O–H groups in total. The number of amides is 1. The van der Waals surface area contributed by atoms with Crippen LogP contribution >= 0.6 is 0 Å². The Morgan fingerprint density at radius 3 is 2.14 bits per heavy atom. The summed E-state index contributed by atoms with van der Waals surface area (Å²) < 4.78 is 0. The smallest absolute Gasteiger partial charge is 0.240 e. The van der Waals surface area contributed by atoms with E-state index in [0.29, 0.717) is 0 Å². The first-order valence-electron chi connectivity index (χ1n) is 4.06. The minimum Gasteiger partial charge on any atom is -0.405 e. The summed E-state index contributed by atoms with van der Waals surface area (Å²) in [5.74, 6) is -0.481. The van der Waals surface area contributed by atoms with E-state index in [0.717, 1.165) is 11.6 Å². The molecule has 0 atom stereocenters. The minimum atomic E-state index is -0.481. The molecule has 74 valence electrons. The first-order valence-corrected chi connectivity index (χ1v) is 4.06. The summed E-state index contributed by atoms with van der Waals surface area (Å²) >= 11 is 0. The van der Waals surface area contributed by atoms with Gasteiger partial charge in [-0.15, -0.1) is 0 Å². The van der Waals surface area contributed by atoms with Gasteiger partial charge in [-0.05, 0) is 23.9 Å². The number of benzene rings is 1. The molecule has 0 fully saturated rings. The zero-order chi connectivity index (χ0) is 10.8. The zero-order valence-corrected chi connectivity index (χ0v) is 7.89. The Morgan fingerprint density at radius 2 is 1.79 bits per heavy atom. The van der Waals surface area contributed by atoms with Crippen LogP contribution in [0.4, 0.5) is 0 Å². The predicted octanol–water partition coefficient (Wildman–Crippen LogP) is 1.27. The highest BCUT2D eigenvalue weighted by molar-refractivity contribution is 5.84. The lowest BCUT2D eigenvalue weighted by molar-refractivity contribution is -0.113. The Hall–Kier alpha value is -2.03. The largest absolute Gasteiger partial charge is 0.405 e. The van der Waals surface area contributed by atoms with Crippen LogP contribution in [0.3, 0.4) is 0 Å². The molecule has 0 heterocycles. The van der Waals surface area contributed by atoms with Crippen molar-refractivity contribution in [3.8, 4) is 0 Å². The summed E-state index contributed by atoms with van der Waals surface area (Å²) in [6.07, 6.45) is 4.45. The Labute approximate surface area is 83.7 Å². The fourth-order valence-electron chi connectivity index (χ4n) is 0.675. The van der Waals surface area contributed by atoms with Gasteiger partial charge >= 0.3 is 0 Å². The van der Waals surface area contributed by atoms with E-state index in [-0.39, 0.29) is 0 Å². The van der Waals surface area contributed by atoms with E-state index in [9.17, 15) is 4.79 Å². The van der Waals surface area contributed by atoms with Gasteiger partial charge in [0.1, 0.15) is 0 Å². The lowest BCUT2D eigenvalue weighted by atomic mass is 10.2. The third kappa shape index (κ3) is 6.67. The van der Waals surface area contributed by atoms with Gasteiger partial charge in [0.05, 0.1) is 0 Å². The Balaban J connectivity index is 0.000000292. The Bertz CT molecular complexity index is 304. The molecular formula is C11H14N2O. The summed E-state index contributed by atoms with van der Waals surface area (Å²) in [5, 5.41) is 0. The summed E-state index contributed by atoms with van der Waals surface area (Å²) in [6.45, 7) is 3.09. The van der Waals surface area contributed by atoms with Gasteiger partial charge in [0, 0.05) is 0 Å². The molecule has 1 rings (SSSR count). The van der Waals surface area contributed by atoms with Crippen LogP contribution in [-0.2, 0) is 4.79 Å². The van der Waals surface area contributed by atoms with Crippen molar-refractivity contribution in [3.05, 3.63) is 54.8 Å². The second-order valence-electron chi connectivity index (χ2n) is 2.38. The standard InChI is InChI=1S/C8H9N.C3H5NO/c9-7-6-8-4-2-1-3-5-8;1-2-3(4)5/h1-7H,9H2;2H,1H2,(H2,4,5). The molecule has 0 radical (unpaired) electrons. The number of hydrogen-bond acceptors (Lipinski definition) is 2. The van der Waals surface area contributed by atoms with Crippen molar-refractivity contribution in [1.82, 2.24) is 0 Å². The highest BCUT2D eigenvalue weighted by atomic mass is 16.1. The third-order valence-corrected chi connectivity index (χ3v) is 1.29. The molecule has 1 amide bonds. The fraction of sp³-hybridized carbons (Fsp3) is 0. The van der Waals surface area contributed by atoms with Crippen LogP contribution < -0.4 is 11.5 Å². The van der Waals surface area contributed by atoms with E-state index in [2.05, 4.69) is 12.3 Å². The third-order valence-electron chi connectivity index (χ3n) is 1.29. The molecule has 0 aliphatic carbocycles. The normalized spacial score (nSPS) is 8.86. The van der Waals surface area contributed by atoms with Gasteiger partial charge in [0.2, 0.25) is 5.91 Å². The average molecular weight is 190 g/mol. The maximum Gasteiger partial charge on any atom is 0.240 e. The average Bonchev–Trinajstić information content (AvgIpc) is 2.21. The number of primary amides is 1. The molecule has 1 aromatic rings. The zero-order valence-electron chi connectivity index (χ0n) is 7.89. The van der Waals surface area contributed by atoms with Gasteiger partial charge < -0.3 is 11.5 Å². The second kappa shape index (κ2) is 7.61. The van der Waals surface area contributed by atoms with E-state index < -0.39 is 5.91 Å². The summed E-state index contributed by atoms with van der Waals surface area (Å²) in [7, 11) is 0. The number of rotatable bonds is 2. The molecule has 0 unspecified atom stereocenters. The first kappa shape index (κ1) is 12.0. The van der Waals surface area contributed by atoms with E-state index in [1.54, 1.807) is 0 Å². The van der Waals surface area contributed by atoms with Crippen LogP contribution in [0.1, 0.15) is 5.56 Å². The van der Waals surface area contributed by atoms with E-state index >= 15 is 0 Å². The van der Waals surface area contributed by atoms with Gasteiger partial charge in [-0.3, -0.25) is 4.79 Å². The van der Waals surface area contributed by atoms with Crippen LogP contribution in [-0.4, -0.2) is 5.91 Å². The van der Waals surface area contributed by atoms with Crippen LogP contribution in [0.15, 0.2) is 49.2 Å². The van der Waals surface area contributed by atoms with Crippen LogP contribution in [0.2, 0.25) is 0 Å².